The standard InChI is InChI=1S/C13H20O3S2/c1-3-8-18(15,16)13-6-4-12(5-7-13)17-10-11(2)9-14/h4-7,11,14H,3,8-10H2,1-2H3. The zero-order valence-electron chi connectivity index (χ0n) is 10.8. The summed E-state index contributed by atoms with van der Waals surface area (Å²) in [6, 6.07) is 6.99. The molecule has 1 N–H and O–H groups in total. The van der Waals surface area contributed by atoms with Crippen LogP contribution in [-0.2, 0) is 9.84 Å². The molecule has 0 saturated carbocycles. The smallest absolute Gasteiger partial charge is 0.178 e. The molecule has 0 spiro atoms. The van der Waals surface area contributed by atoms with E-state index < -0.39 is 9.84 Å². The molecule has 3 nitrogen and oxygen atoms in total. The Hall–Kier alpha value is -0.520. The first-order valence-electron chi connectivity index (χ1n) is 6.06. The molecule has 0 aliphatic heterocycles. The third-order valence-electron chi connectivity index (χ3n) is 2.50. The van der Waals surface area contributed by atoms with E-state index in [0.717, 1.165) is 10.6 Å². The number of rotatable bonds is 7. The van der Waals surface area contributed by atoms with Crippen molar-refractivity contribution in [3.63, 3.8) is 0 Å². The largest absolute Gasteiger partial charge is 0.396 e. The van der Waals surface area contributed by atoms with Gasteiger partial charge < -0.3 is 5.11 Å². The van der Waals surface area contributed by atoms with Crippen molar-refractivity contribution in [3.8, 4) is 0 Å². The lowest BCUT2D eigenvalue weighted by Gasteiger charge is -2.08. The summed E-state index contributed by atoms with van der Waals surface area (Å²) in [5.74, 6) is 1.27. The topological polar surface area (TPSA) is 54.4 Å². The van der Waals surface area contributed by atoms with Crippen molar-refractivity contribution < 1.29 is 13.5 Å². The van der Waals surface area contributed by atoms with Gasteiger partial charge in [-0.25, -0.2) is 8.42 Å². The summed E-state index contributed by atoms with van der Waals surface area (Å²) in [6.45, 7) is 4.01. The molecule has 1 aromatic rings. The minimum absolute atomic E-state index is 0.177. The van der Waals surface area contributed by atoms with E-state index in [0.29, 0.717) is 11.3 Å². The lowest BCUT2D eigenvalue weighted by Crippen LogP contribution is -2.05. The highest BCUT2D eigenvalue weighted by Gasteiger charge is 2.12. The van der Waals surface area contributed by atoms with E-state index in [2.05, 4.69) is 0 Å². The Labute approximate surface area is 114 Å². The zero-order valence-corrected chi connectivity index (χ0v) is 12.4. The summed E-state index contributed by atoms with van der Waals surface area (Å²) >= 11 is 1.63. The second kappa shape index (κ2) is 7.16. The van der Waals surface area contributed by atoms with E-state index in [1.165, 1.54) is 0 Å². The molecule has 0 aliphatic carbocycles. The number of sulfone groups is 1. The summed E-state index contributed by atoms with van der Waals surface area (Å²) < 4.78 is 23.6. The molecule has 102 valence electrons. The van der Waals surface area contributed by atoms with Gasteiger partial charge in [0.25, 0.3) is 0 Å². The maximum Gasteiger partial charge on any atom is 0.178 e. The normalized spacial score (nSPS) is 13.5. The number of hydrogen-bond acceptors (Lipinski definition) is 4. The molecule has 1 rings (SSSR count). The average molecular weight is 288 g/mol. The molecule has 0 amide bonds. The van der Waals surface area contributed by atoms with E-state index in [1.807, 2.05) is 26.0 Å². The molecule has 0 radical (unpaired) electrons. The zero-order chi connectivity index (χ0) is 13.6. The number of aliphatic hydroxyl groups excluding tert-OH is 1. The van der Waals surface area contributed by atoms with Crippen LogP contribution in [0.15, 0.2) is 34.1 Å². The van der Waals surface area contributed by atoms with Crippen LogP contribution < -0.4 is 0 Å². The monoisotopic (exact) mass is 288 g/mol. The Morgan fingerprint density at radius 1 is 1.28 bits per heavy atom. The van der Waals surface area contributed by atoms with Gasteiger partial charge in [0.15, 0.2) is 9.84 Å². The molecule has 1 atom stereocenters. The van der Waals surface area contributed by atoms with E-state index in [-0.39, 0.29) is 18.3 Å². The first-order valence-corrected chi connectivity index (χ1v) is 8.70. The molecule has 0 saturated heterocycles. The molecular weight excluding hydrogens is 268 g/mol. The van der Waals surface area contributed by atoms with Gasteiger partial charge in [0.05, 0.1) is 10.6 Å². The quantitative estimate of drug-likeness (QED) is 0.784. The molecule has 0 heterocycles. The predicted molar refractivity (Wildman–Crippen MR) is 75.8 cm³/mol. The van der Waals surface area contributed by atoms with E-state index >= 15 is 0 Å². The fraction of sp³-hybridized carbons (Fsp3) is 0.538. The van der Waals surface area contributed by atoms with Gasteiger partial charge in [-0.3, -0.25) is 0 Å². The summed E-state index contributed by atoms with van der Waals surface area (Å²) in [4.78, 5) is 1.43. The molecule has 0 aliphatic rings. The molecule has 18 heavy (non-hydrogen) atoms. The van der Waals surface area contributed by atoms with Crippen LogP contribution in [-0.4, -0.2) is 31.6 Å². The Bertz CT molecular complexity index is 452. The first-order chi connectivity index (χ1) is 8.49. The van der Waals surface area contributed by atoms with Gasteiger partial charge in [0.1, 0.15) is 0 Å². The summed E-state index contributed by atoms with van der Waals surface area (Å²) in [6.07, 6.45) is 0.632. The summed E-state index contributed by atoms with van der Waals surface area (Å²) in [5.41, 5.74) is 0. The Kier molecular flexibility index (Phi) is 6.18. The van der Waals surface area contributed by atoms with Crippen LogP contribution >= 0.6 is 11.8 Å². The first kappa shape index (κ1) is 15.5. The van der Waals surface area contributed by atoms with Crippen LogP contribution in [0, 0.1) is 5.92 Å². The fourth-order valence-electron chi connectivity index (χ4n) is 1.42. The SMILES string of the molecule is CCCS(=O)(=O)c1ccc(SCC(C)CO)cc1. The van der Waals surface area contributed by atoms with Crippen molar-refractivity contribution in [1.82, 2.24) is 0 Å². The molecule has 1 aromatic carbocycles. The second-order valence-corrected chi connectivity index (χ2v) is 7.59. The summed E-state index contributed by atoms with van der Waals surface area (Å²) in [7, 11) is -3.11. The predicted octanol–water partition coefficient (Wildman–Crippen LogP) is 2.59. The van der Waals surface area contributed by atoms with Crippen LogP contribution in [0.4, 0.5) is 0 Å². The Morgan fingerprint density at radius 2 is 1.89 bits per heavy atom. The van der Waals surface area contributed by atoms with Crippen molar-refractivity contribution in [3.05, 3.63) is 24.3 Å². The van der Waals surface area contributed by atoms with Crippen LogP contribution in [0.1, 0.15) is 20.3 Å². The molecule has 1 unspecified atom stereocenters. The van der Waals surface area contributed by atoms with Crippen molar-refractivity contribution in [2.75, 3.05) is 18.1 Å². The Balaban J connectivity index is 2.68. The number of thioether (sulfide) groups is 1. The molecule has 0 bridgehead atoms. The maximum absolute atomic E-state index is 11.8. The lowest BCUT2D eigenvalue weighted by atomic mass is 10.2. The van der Waals surface area contributed by atoms with Crippen LogP contribution in [0.5, 0.6) is 0 Å². The van der Waals surface area contributed by atoms with Crippen molar-refractivity contribution in [1.29, 1.82) is 0 Å². The van der Waals surface area contributed by atoms with Gasteiger partial charge in [-0.2, -0.15) is 0 Å². The summed E-state index contributed by atoms with van der Waals surface area (Å²) in [5, 5.41) is 8.93. The van der Waals surface area contributed by atoms with Gasteiger partial charge >= 0.3 is 0 Å². The molecule has 0 aromatic heterocycles. The molecule has 5 heteroatoms. The van der Waals surface area contributed by atoms with Gasteiger partial charge in [0.2, 0.25) is 0 Å². The number of aliphatic hydroxyl groups is 1. The third-order valence-corrected chi connectivity index (χ3v) is 5.78. The van der Waals surface area contributed by atoms with E-state index in [9.17, 15) is 8.42 Å². The van der Waals surface area contributed by atoms with Crippen molar-refractivity contribution in [2.45, 2.75) is 30.1 Å². The van der Waals surface area contributed by atoms with E-state index in [4.69, 9.17) is 5.11 Å². The second-order valence-electron chi connectivity index (χ2n) is 4.39. The van der Waals surface area contributed by atoms with Gasteiger partial charge in [-0.1, -0.05) is 13.8 Å². The van der Waals surface area contributed by atoms with Crippen LogP contribution in [0.3, 0.4) is 0 Å². The number of benzene rings is 1. The van der Waals surface area contributed by atoms with Gasteiger partial charge in [0, 0.05) is 17.3 Å². The minimum Gasteiger partial charge on any atom is -0.396 e. The van der Waals surface area contributed by atoms with Gasteiger partial charge in [-0.15, -0.1) is 11.8 Å². The minimum atomic E-state index is -3.11. The third kappa shape index (κ3) is 4.63. The molecular formula is C13H20O3S2. The lowest BCUT2D eigenvalue weighted by molar-refractivity contribution is 0.250. The number of hydrogen-bond donors (Lipinski definition) is 1. The Morgan fingerprint density at radius 3 is 2.39 bits per heavy atom. The highest BCUT2D eigenvalue weighted by molar-refractivity contribution is 7.99. The van der Waals surface area contributed by atoms with Crippen molar-refractivity contribution in [2.24, 2.45) is 5.92 Å². The highest BCUT2D eigenvalue weighted by atomic mass is 32.2. The van der Waals surface area contributed by atoms with Gasteiger partial charge in [-0.05, 0) is 36.6 Å². The van der Waals surface area contributed by atoms with Crippen LogP contribution in [0.25, 0.3) is 0 Å². The average Bonchev–Trinajstić information content (AvgIpc) is 2.36. The highest BCUT2D eigenvalue weighted by Crippen LogP contribution is 2.23. The molecule has 0 fully saturated rings. The maximum atomic E-state index is 11.8. The van der Waals surface area contributed by atoms with E-state index in [1.54, 1.807) is 23.9 Å². The fourth-order valence-corrected chi connectivity index (χ4v) is 3.66. The van der Waals surface area contributed by atoms with Crippen LogP contribution in [0.2, 0.25) is 0 Å². The van der Waals surface area contributed by atoms with Crippen molar-refractivity contribution >= 4 is 21.6 Å².